The van der Waals surface area contributed by atoms with Gasteiger partial charge in [-0.05, 0) is 45.7 Å². The summed E-state index contributed by atoms with van der Waals surface area (Å²) in [6.45, 7) is 8.60. The normalized spacial score (nSPS) is 19.5. The summed E-state index contributed by atoms with van der Waals surface area (Å²) < 4.78 is 0. The minimum Gasteiger partial charge on any atom is -0.370 e. The molecule has 1 aliphatic rings. The molecule has 1 unspecified atom stereocenters. The lowest BCUT2D eigenvalue weighted by Gasteiger charge is -2.30. The Labute approximate surface area is 128 Å². The number of hydrogen-bond acceptors (Lipinski definition) is 5. The lowest BCUT2D eigenvalue weighted by molar-refractivity contribution is 0.217. The molecule has 2 rings (SSSR count). The van der Waals surface area contributed by atoms with Crippen molar-refractivity contribution in [2.75, 3.05) is 43.9 Å². The van der Waals surface area contributed by atoms with E-state index in [0.29, 0.717) is 0 Å². The monoisotopic (exact) mass is 291 g/mol. The van der Waals surface area contributed by atoms with Crippen molar-refractivity contribution < 1.29 is 0 Å². The molecule has 1 saturated heterocycles. The van der Waals surface area contributed by atoms with E-state index in [-0.39, 0.29) is 0 Å². The standard InChI is InChI=1S/C16H29N5/c1-4-7-14-15(17-5-2)19-12-20-16(14)18-10-13-8-6-9-21(3)11-13/h12-13H,4-11H2,1-3H3,(H2,17,18,19,20). The van der Waals surface area contributed by atoms with Crippen LogP contribution in [0.3, 0.4) is 0 Å². The number of rotatable bonds is 7. The van der Waals surface area contributed by atoms with Crippen LogP contribution in [0.2, 0.25) is 0 Å². The van der Waals surface area contributed by atoms with E-state index in [1.54, 1.807) is 6.33 Å². The highest BCUT2D eigenvalue weighted by atomic mass is 15.1. The third-order valence-corrected chi connectivity index (χ3v) is 4.07. The van der Waals surface area contributed by atoms with Gasteiger partial charge in [-0.2, -0.15) is 0 Å². The second-order valence-corrected chi connectivity index (χ2v) is 5.98. The fraction of sp³-hybridized carbons (Fsp3) is 0.750. The number of nitrogens with one attached hydrogen (secondary N) is 2. The summed E-state index contributed by atoms with van der Waals surface area (Å²) in [6, 6.07) is 0. The molecule has 0 saturated carbocycles. The SMILES string of the molecule is CCCc1c(NCC)ncnc1NCC1CCCN(C)C1. The number of nitrogens with zero attached hydrogens (tertiary/aromatic N) is 3. The van der Waals surface area contributed by atoms with Gasteiger partial charge in [-0.1, -0.05) is 13.3 Å². The van der Waals surface area contributed by atoms with Crippen LogP contribution in [0.4, 0.5) is 11.6 Å². The summed E-state index contributed by atoms with van der Waals surface area (Å²) in [5.74, 6) is 2.71. The Morgan fingerprint density at radius 1 is 1.24 bits per heavy atom. The Balaban J connectivity index is 2.02. The number of hydrogen-bond donors (Lipinski definition) is 2. The predicted octanol–water partition coefficient (Wildman–Crippen LogP) is 2.61. The zero-order valence-electron chi connectivity index (χ0n) is 13.7. The maximum atomic E-state index is 4.47. The summed E-state index contributed by atoms with van der Waals surface area (Å²) in [4.78, 5) is 11.3. The van der Waals surface area contributed by atoms with Crippen molar-refractivity contribution in [2.24, 2.45) is 5.92 Å². The number of aromatic nitrogens is 2. The van der Waals surface area contributed by atoms with Crippen LogP contribution in [0.1, 0.15) is 38.7 Å². The van der Waals surface area contributed by atoms with Crippen molar-refractivity contribution in [2.45, 2.75) is 39.5 Å². The zero-order chi connectivity index (χ0) is 15.1. The van der Waals surface area contributed by atoms with Crippen molar-refractivity contribution in [3.63, 3.8) is 0 Å². The van der Waals surface area contributed by atoms with Crippen LogP contribution in [-0.2, 0) is 6.42 Å². The lowest BCUT2D eigenvalue weighted by Crippen LogP contribution is -2.35. The number of anilines is 2. The molecule has 1 aromatic rings. The van der Waals surface area contributed by atoms with E-state index in [0.717, 1.165) is 43.5 Å². The van der Waals surface area contributed by atoms with E-state index in [4.69, 9.17) is 0 Å². The Kier molecular flexibility index (Phi) is 6.23. The number of likely N-dealkylation sites (tertiary alicyclic amines) is 1. The van der Waals surface area contributed by atoms with Crippen LogP contribution >= 0.6 is 0 Å². The van der Waals surface area contributed by atoms with Crippen molar-refractivity contribution in [3.8, 4) is 0 Å². The molecule has 2 N–H and O–H groups in total. The quantitative estimate of drug-likeness (QED) is 0.809. The Hall–Kier alpha value is -1.36. The molecule has 118 valence electrons. The van der Waals surface area contributed by atoms with Gasteiger partial charge in [0, 0.05) is 25.2 Å². The van der Waals surface area contributed by atoms with Crippen LogP contribution in [0.15, 0.2) is 6.33 Å². The second-order valence-electron chi connectivity index (χ2n) is 5.98. The molecule has 1 aromatic heterocycles. The predicted molar refractivity (Wildman–Crippen MR) is 88.9 cm³/mol. The van der Waals surface area contributed by atoms with Gasteiger partial charge < -0.3 is 15.5 Å². The zero-order valence-corrected chi connectivity index (χ0v) is 13.7. The van der Waals surface area contributed by atoms with Gasteiger partial charge in [0.05, 0.1) is 0 Å². The summed E-state index contributed by atoms with van der Waals surface area (Å²) in [5.41, 5.74) is 1.23. The summed E-state index contributed by atoms with van der Waals surface area (Å²) in [7, 11) is 2.21. The smallest absolute Gasteiger partial charge is 0.134 e. The highest BCUT2D eigenvalue weighted by Gasteiger charge is 2.18. The minimum atomic E-state index is 0.718. The third kappa shape index (κ3) is 4.56. The highest BCUT2D eigenvalue weighted by molar-refractivity contribution is 5.57. The average Bonchev–Trinajstić information content (AvgIpc) is 2.48. The van der Waals surface area contributed by atoms with Gasteiger partial charge in [-0.15, -0.1) is 0 Å². The Morgan fingerprint density at radius 2 is 2.00 bits per heavy atom. The van der Waals surface area contributed by atoms with E-state index in [9.17, 15) is 0 Å². The lowest BCUT2D eigenvalue weighted by atomic mass is 9.98. The molecule has 1 fully saturated rings. The van der Waals surface area contributed by atoms with E-state index < -0.39 is 0 Å². The first-order valence-corrected chi connectivity index (χ1v) is 8.24. The van der Waals surface area contributed by atoms with Crippen LogP contribution in [0.5, 0.6) is 0 Å². The van der Waals surface area contributed by atoms with Gasteiger partial charge in [0.15, 0.2) is 0 Å². The van der Waals surface area contributed by atoms with Crippen molar-refractivity contribution >= 4 is 11.6 Å². The molecule has 1 aliphatic heterocycles. The topological polar surface area (TPSA) is 53.1 Å². The molecule has 21 heavy (non-hydrogen) atoms. The van der Waals surface area contributed by atoms with Gasteiger partial charge in [0.25, 0.3) is 0 Å². The van der Waals surface area contributed by atoms with Crippen molar-refractivity contribution in [1.82, 2.24) is 14.9 Å². The fourth-order valence-electron chi connectivity index (χ4n) is 3.05. The maximum Gasteiger partial charge on any atom is 0.134 e. The first kappa shape index (κ1) is 16.0. The first-order chi connectivity index (χ1) is 10.2. The molecular weight excluding hydrogens is 262 g/mol. The first-order valence-electron chi connectivity index (χ1n) is 8.24. The molecule has 1 atom stereocenters. The van der Waals surface area contributed by atoms with Gasteiger partial charge in [-0.3, -0.25) is 0 Å². The Morgan fingerprint density at radius 3 is 2.67 bits per heavy atom. The van der Waals surface area contributed by atoms with Crippen LogP contribution in [0, 0.1) is 5.92 Å². The molecular formula is C16H29N5. The van der Waals surface area contributed by atoms with Gasteiger partial charge in [0.1, 0.15) is 18.0 Å². The molecule has 5 heteroatoms. The number of piperidine rings is 1. The van der Waals surface area contributed by atoms with Crippen LogP contribution < -0.4 is 10.6 Å². The fourth-order valence-corrected chi connectivity index (χ4v) is 3.05. The van der Waals surface area contributed by atoms with E-state index in [2.05, 4.69) is 46.4 Å². The maximum absolute atomic E-state index is 4.47. The second kappa shape index (κ2) is 8.17. The van der Waals surface area contributed by atoms with Crippen LogP contribution in [-0.4, -0.2) is 48.1 Å². The Bertz CT molecular complexity index is 435. The van der Waals surface area contributed by atoms with E-state index in [1.165, 1.54) is 31.5 Å². The third-order valence-electron chi connectivity index (χ3n) is 4.07. The molecule has 0 amide bonds. The largest absolute Gasteiger partial charge is 0.370 e. The van der Waals surface area contributed by atoms with Crippen molar-refractivity contribution in [3.05, 3.63) is 11.9 Å². The van der Waals surface area contributed by atoms with Gasteiger partial charge >= 0.3 is 0 Å². The highest BCUT2D eigenvalue weighted by Crippen LogP contribution is 2.23. The molecule has 0 spiro atoms. The van der Waals surface area contributed by atoms with Crippen molar-refractivity contribution in [1.29, 1.82) is 0 Å². The summed E-state index contributed by atoms with van der Waals surface area (Å²) in [6.07, 6.45) is 6.39. The average molecular weight is 291 g/mol. The molecule has 0 radical (unpaired) electrons. The summed E-state index contributed by atoms with van der Waals surface area (Å²) >= 11 is 0. The van der Waals surface area contributed by atoms with Crippen LogP contribution in [0.25, 0.3) is 0 Å². The van der Waals surface area contributed by atoms with E-state index >= 15 is 0 Å². The summed E-state index contributed by atoms with van der Waals surface area (Å²) in [5, 5.41) is 6.92. The molecule has 5 nitrogen and oxygen atoms in total. The van der Waals surface area contributed by atoms with E-state index in [1.807, 2.05) is 0 Å². The molecule has 2 heterocycles. The minimum absolute atomic E-state index is 0.718. The molecule has 0 bridgehead atoms. The molecule has 0 aliphatic carbocycles. The van der Waals surface area contributed by atoms with Gasteiger partial charge in [0.2, 0.25) is 0 Å². The van der Waals surface area contributed by atoms with Gasteiger partial charge in [-0.25, -0.2) is 9.97 Å². The molecule has 0 aromatic carbocycles.